The quantitative estimate of drug-likeness (QED) is 0.434. The van der Waals surface area contributed by atoms with E-state index < -0.39 is 0 Å². The summed E-state index contributed by atoms with van der Waals surface area (Å²) in [5.41, 5.74) is 4.65. The molecule has 1 aromatic heterocycles. The van der Waals surface area contributed by atoms with E-state index in [4.69, 9.17) is 0 Å². The van der Waals surface area contributed by atoms with Gasteiger partial charge in [-0.15, -0.1) is 0 Å². The van der Waals surface area contributed by atoms with Crippen molar-refractivity contribution in [1.29, 1.82) is 0 Å². The van der Waals surface area contributed by atoms with Crippen LogP contribution >= 0.6 is 0 Å². The molecule has 0 aliphatic carbocycles. The lowest BCUT2D eigenvalue weighted by Gasteiger charge is -2.54. The van der Waals surface area contributed by atoms with Gasteiger partial charge in [0.2, 0.25) is 0 Å². The van der Waals surface area contributed by atoms with Crippen molar-refractivity contribution in [2.75, 3.05) is 24.5 Å². The predicted octanol–water partition coefficient (Wildman–Crippen LogP) is 5.10. The molecule has 2 fully saturated rings. The second-order valence-corrected chi connectivity index (χ2v) is 9.27. The van der Waals surface area contributed by atoms with Crippen LogP contribution in [-0.4, -0.2) is 46.5 Å². The van der Waals surface area contributed by atoms with E-state index >= 15 is 0 Å². The Bertz CT molecular complexity index is 1390. The van der Waals surface area contributed by atoms with E-state index in [2.05, 4.69) is 20.9 Å². The zero-order valence-corrected chi connectivity index (χ0v) is 19.0. The number of rotatable bonds is 3. The number of aromatic nitrogens is 2. The summed E-state index contributed by atoms with van der Waals surface area (Å²) < 4.78 is 14.3. The lowest BCUT2D eigenvalue weighted by Crippen LogP contribution is -2.65. The van der Waals surface area contributed by atoms with Crippen molar-refractivity contribution in [1.82, 2.24) is 14.9 Å². The Balaban J connectivity index is 1.27. The van der Waals surface area contributed by atoms with Crippen molar-refractivity contribution in [3.63, 3.8) is 0 Å². The summed E-state index contributed by atoms with van der Waals surface area (Å²) in [6, 6.07) is 21.1. The average molecular weight is 453 g/mol. The second kappa shape index (κ2) is 8.20. The highest BCUT2D eigenvalue weighted by Crippen LogP contribution is 2.37. The van der Waals surface area contributed by atoms with Gasteiger partial charge in [-0.05, 0) is 42.7 Å². The Hall–Kier alpha value is -3.80. The highest BCUT2D eigenvalue weighted by molar-refractivity contribution is 6.01. The molecule has 2 atom stereocenters. The fourth-order valence-corrected chi connectivity index (χ4v) is 5.25. The molecule has 2 saturated heterocycles. The van der Waals surface area contributed by atoms with Crippen molar-refractivity contribution in [3.05, 3.63) is 89.9 Å². The molecule has 170 valence electrons. The van der Waals surface area contributed by atoms with Crippen LogP contribution in [-0.2, 0) is 0 Å². The van der Waals surface area contributed by atoms with Crippen LogP contribution in [0.2, 0.25) is 0 Å². The molecule has 0 saturated carbocycles. The molecule has 4 aromatic rings. The Labute approximate surface area is 197 Å². The van der Waals surface area contributed by atoms with Crippen molar-refractivity contribution >= 4 is 22.8 Å². The first kappa shape index (κ1) is 20.8. The van der Waals surface area contributed by atoms with E-state index in [1.165, 1.54) is 6.07 Å². The first-order chi connectivity index (χ1) is 16.6. The summed E-state index contributed by atoms with van der Waals surface area (Å²) in [5.74, 6) is 0.878. The van der Waals surface area contributed by atoms with E-state index in [0.29, 0.717) is 29.3 Å². The lowest BCUT2D eigenvalue weighted by atomic mass is 9.82. The molecule has 0 bridgehead atoms. The number of halogens is 1. The maximum Gasteiger partial charge on any atom is 0.254 e. The number of fused-ring (bicyclic) bond motifs is 2. The summed E-state index contributed by atoms with van der Waals surface area (Å²) in [7, 11) is 0. The molecule has 0 N–H and O–H groups in total. The standard InChI is InChI=1S/C28H25FN4O/c1-18-10-11-21(19-6-3-2-4-7-19)22(14-18)28(34)32-13-12-20-16-33(25(20)17-32)26-15-30-24-9-5-8-23(29)27(24)31-26/h2-11,14-15,20,25H,12-13,16-17H2,1H3/t20-,25-/m0/s1. The number of carbonyl (C=O) groups excluding carboxylic acids is 1. The molecule has 3 heterocycles. The number of hydrogen-bond acceptors (Lipinski definition) is 4. The maximum absolute atomic E-state index is 14.3. The number of aryl methyl sites for hydroxylation is 1. The highest BCUT2D eigenvalue weighted by Gasteiger charge is 2.44. The number of anilines is 1. The van der Waals surface area contributed by atoms with Gasteiger partial charge in [0.05, 0.1) is 17.8 Å². The van der Waals surface area contributed by atoms with E-state index in [9.17, 15) is 9.18 Å². The number of piperidine rings is 1. The first-order valence-corrected chi connectivity index (χ1v) is 11.7. The third-order valence-corrected chi connectivity index (χ3v) is 7.14. The molecule has 0 spiro atoms. The van der Waals surface area contributed by atoms with Crippen molar-refractivity contribution in [2.24, 2.45) is 5.92 Å². The minimum absolute atomic E-state index is 0.0588. The van der Waals surface area contributed by atoms with Crippen LogP contribution in [0.5, 0.6) is 0 Å². The van der Waals surface area contributed by atoms with Crippen LogP contribution in [0.25, 0.3) is 22.2 Å². The average Bonchev–Trinajstić information content (AvgIpc) is 2.85. The number of para-hydroxylation sites is 1. The van der Waals surface area contributed by atoms with E-state index in [0.717, 1.165) is 41.8 Å². The number of carbonyl (C=O) groups is 1. The SMILES string of the molecule is Cc1ccc(-c2ccccc2)c(C(=O)N2CC[C@H]3CN(c4cnc5cccc(F)c5n4)[C@H]3C2)c1. The normalized spacial score (nSPS) is 19.6. The summed E-state index contributed by atoms with van der Waals surface area (Å²) in [5, 5.41) is 0. The number of nitrogens with zero attached hydrogens (tertiary/aromatic N) is 4. The van der Waals surface area contributed by atoms with Crippen molar-refractivity contribution < 1.29 is 9.18 Å². The molecular formula is C28H25FN4O. The Kier molecular flexibility index (Phi) is 5.01. The van der Waals surface area contributed by atoms with Gasteiger partial charge in [-0.3, -0.25) is 9.78 Å². The van der Waals surface area contributed by atoms with Gasteiger partial charge in [0, 0.05) is 31.1 Å². The van der Waals surface area contributed by atoms with E-state index in [-0.39, 0.29) is 17.8 Å². The Morgan fingerprint density at radius 3 is 2.74 bits per heavy atom. The lowest BCUT2D eigenvalue weighted by molar-refractivity contribution is 0.0592. The van der Waals surface area contributed by atoms with Gasteiger partial charge in [-0.1, -0.05) is 54.1 Å². The van der Waals surface area contributed by atoms with Crippen molar-refractivity contribution in [2.45, 2.75) is 19.4 Å². The molecular weight excluding hydrogens is 427 g/mol. The zero-order valence-electron chi connectivity index (χ0n) is 19.0. The van der Waals surface area contributed by atoms with Crippen LogP contribution in [0.15, 0.2) is 72.9 Å². The topological polar surface area (TPSA) is 49.3 Å². The van der Waals surface area contributed by atoms with Gasteiger partial charge in [0.25, 0.3) is 5.91 Å². The number of benzene rings is 3. The third-order valence-electron chi connectivity index (χ3n) is 7.14. The molecule has 0 radical (unpaired) electrons. The molecule has 5 nitrogen and oxygen atoms in total. The molecule has 6 rings (SSSR count). The van der Waals surface area contributed by atoms with Gasteiger partial charge in [-0.2, -0.15) is 0 Å². The zero-order chi connectivity index (χ0) is 23.2. The largest absolute Gasteiger partial charge is 0.350 e. The third kappa shape index (κ3) is 3.50. The Morgan fingerprint density at radius 2 is 1.88 bits per heavy atom. The summed E-state index contributed by atoms with van der Waals surface area (Å²) in [6.07, 6.45) is 2.67. The molecule has 34 heavy (non-hydrogen) atoms. The number of hydrogen-bond donors (Lipinski definition) is 0. The molecule has 6 heteroatoms. The fraction of sp³-hybridized carbons (Fsp3) is 0.250. The number of amides is 1. The van der Waals surface area contributed by atoms with Gasteiger partial charge in [-0.25, -0.2) is 9.37 Å². The molecule has 0 unspecified atom stereocenters. The fourth-order valence-electron chi connectivity index (χ4n) is 5.25. The predicted molar refractivity (Wildman–Crippen MR) is 131 cm³/mol. The Morgan fingerprint density at radius 1 is 1.03 bits per heavy atom. The maximum atomic E-state index is 14.3. The summed E-state index contributed by atoms with van der Waals surface area (Å²) >= 11 is 0. The molecule has 2 aliphatic heterocycles. The molecule has 1 amide bonds. The minimum atomic E-state index is -0.364. The summed E-state index contributed by atoms with van der Waals surface area (Å²) in [4.78, 5) is 26.8. The van der Waals surface area contributed by atoms with Crippen LogP contribution < -0.4 is 4.90 Å². The first-order valence-electron chi connectivity index (χ1n) is 11.7. The second-order valence-electron chi connectivity index (χ2n) is 9.27. The van der Waals surface area contributed by atoms with Gasteiger partial charge < -0.3 is 9.80 Å². The smallest absolute Gasteiger partial charge is 0.254 e. The van der Waals surface area contributed by atoms with E-state index in [1.54, 1.807) is 18.3 Å². The molecule has 2 aliphatic rings. The minimum Gasteiger partial charge on any atom is -0.350 e. The molecule has 3 aromatic carbocycles. The van der Waals surface area contributed by atoms with Gasteiger partial charge in [0.1, 0.15) is 11.3 Å². The number of likely N-dealkylation sites (tertiary alicyclic amines) is 1. The monoisotopic (exact) mass is 452 g/mol. The van der Waals surface area contributed by atoms with Crippen LogP contribution in [0.1, 0.15) is 22.3 Å². The highest BCUT2D eigenvalue weighted by atomic mass is 19.1. The van der Waals surface area contributed by atoms with Crippen LogP contribution in [0.4, 0.5) is 10.2 Å². The van der Waals surface area contributed by atoms with Crippen molar-refractivity contribution in [3.8, 4) is 11.1 Å². The van der Waals surface area contributed by atoms with Crippen LogP contribution in [0, 0.1) is 18.7 Å². The van der Waals surface area contributed by atoms with Gasteiger partial charge in [0.15, 0.2) is 5.82 Å². The van der Waals surface area contributed by atoms with Gasteiger partial charge >= 0.3 is 0 Å². The van der Waals surface area contributed by atoms with Crippen LogP contribution in [0.3, 0.4) is 0 Å². The van der Waals surface area contributed by atoms with E-state index in [1.807, 2.05) is 54.3 Å². The summed E-state index contributed by atoms with van der Waals surface area (Å²) in [6.45, 7) is 4.25.